The molecule has 0 aliphatic carbocycles. The largest absolute Gasteiger partial charge is 0.297 e. The molecule has 0 atom stereocenters. The maximum absolute atomic E-state index is 4.46. The molecule has 1 aliphatic heterocycles. The van der Waals surface area contributed by atoms with Crippen molar-refractivity contribution in [1.82, 2.24) is 19.1 Å². The summed E-state index contributed by atoms with van der Waals surface area (Å²) in [5.74, 6) is 1.19. The van der Waals surface area contributed by atoms with Crippen LogP contribution in [0.4, 0.5) is 0 Å². The van der Waals surface area contributed by atoms with Crippen molar-refractivity contribution in [2.45, 2.75) is 6.54 Å². The molecule has 5 nitrogen and oxygen atoms in total. The molecule has 31 heavy (non-hydrogen) atoms. The fraction of sp³-hybridized carbons (Fsp3) is 0.0385. The molecule has 5 heterocycles. The third-order valence-corrected chi connectivity index (χ3v) is 6.17. The molecule has 7 rings (SSSR count). The number of benzene rings is 2. The van der Waals surface area contributed by atoms with Gasteiger partial charge in [-0.1, -0.05) is 36.4 Å². The summed E-state index contributed by atoms with van der Waals surface area (Å²) in [6.07, 6.45) is 7.72. The smallest absolute Gasteiger partial charge is 0.271 e. The van der Waals surface area contributed by atoms with Gasteiger partial charge in [0.15, 0.2) is 0 Å². The lowest BCUT2D eigenvalue weighted by atomic mass is 10.1. The summed E-state index contributed by atoms with van der Waals surface area (Å²) < 4.78 is 7.14. The summed E-state index contributed by atoms with van der Waals surface area (Å²) in [5, 5.41) is 1.20. The Kier molecular flexibility index (Phi) is 3.27. The predicted octanol–water partition coefficient (Wildman–Crippen LogP) is 4.68. The van der Waals surface area contributed by atoms with Gasteiger partial charge in [0.2, 0.25) is 5.52 Å². The lowest BCUT2D eigenvalue weighted by Crippen LogP contribution is -2.31. The molecule has 0 spiro atoms. The highest BCUT2D eigenvalue weighted by Gasteiger charge is 2.38. The number of nitrogens with zero attached hydrogens (tertiary/aromatic N) is 5. The van der Waals surface area contributed by atoms with Crippen molar-refractivity contribution in [1.29, 1.82) is 0 Å². The van der Waals surface area contributed by atoms with Crippen LogP contribution < -0.4 is 4.57 Å². The van der Waals surface area contributed by atoms with E-state index in [1.807, 2.05) is 24.8 Å². The molecular formula is C26H18N5+. The minimum atomic E-state index is 0.811. The summed E-state index contributed by atoms with van der Waals surface area (Å²) in [7, 11) is 0. The van der Waals surface area contributed by atoms with E-state index in [1.165, 1.54) is 27.9 Å². The van der Waals surface area contributed by atoms with E-state index in [2.05, 4.69) is 96.5 Å². The number of imidazole rings is 1. The van der Waals surface area contributed by atoms with E-state index >= 15 is 0 Å². The highest BCUT2D eigenvalue weighted by molar-refractivity contribution is 6.05. The highest BCUT2D eigenvalue weighted by Crippen LogP contribution is 2.38. The molecule has 2 aromatic carbocycles. The van der Waals surface area contributed by atoms with E-state index in [1.54, 1.807) is 0 Å². The minimum absolute atomic E-state index is 0.811. The Morgan fingerprint density at radius 1 is 0.710 bits per heavy atom. The summed E-state index contributed by atoms with van der Waals surface area (Å²) in [6, 6.07) is 25.4. The lowest BCUT2D eigenvalue weighted by Gasteiger charge is -2.08. The van der Waals surface area contributed by atoms with Crippen molar-refractivity contribution >= 4 is 22.1 Å². The van der Waals surface area contributed by atoms with Crippen LogP contribution in [-0.2, 0) is 6.54 Å². The first-order valence-electron chi connectivity index (χ1n) is 10.4. The number of pyridine rings is 2. The van der Waals surface area contributed by atoms with Crippen LogP contribution in [-0.4, -0.2) is 19.1 Å². The number of hydrogen-bond acceptors (Lipinski definition) is 2. The number of rotatable bonds is 2. The lowest BCUT2D eigenvalue weighted by molar-refractivity contribution is -0.645. The monoisotopic (exact) mass is 400 g/mol. The van der Waals surface area contributed by atoms with Crippen molar-refractivity contribution < 1.29 is 4.57 Å². The molecule has 6 aromatic rings. The van der Waals surface area contributed by atoms with Gasteiger partial charge in [-0.15, -0.1) is 0 Å². The second kappa shape index (κ2) is 6.12. The zero-order valence-corrected chi connectivity index (χ0v) is 16.7. The van der Waals surface area contributed by atoms with Crippen molar-refractivity contribution in [2.24, 2.45) is 0 Å². The third-order valence-electron chi connectivity index (χ3n) is 6.17. The first-order valence-corrected chi connectivity index (χ1v) is 10.4. The van der Waals surface area contributed by atoms with Gasteiger partial charge in [0, 0.05) is 29.8 Å². The zero-order valence-electron chi connectivity index (χ0n) is 16.7. The van der Waals surface area contributed by atoms with Crippen LogP contribution in [0.1, 0.15) is 5.56 Å². The predicted molar refractivity (Wildman–Crippen MR) is 120 cm³/mol. The average Bonchev–Trinajstić information content (AvgIpc) is 3.46. The van der Waals surface area contributed by atoms with E-state index in [9.17, 15) is 0 Å². The normalized spacial score (nSPS) is 12.4. The molecule has 0 unspecified atom stereocenters. The molecular weight excluding hydrogens is 382 g/mol. The van der Waals surface area contributed by atoms with Gasteiger partial charge < -0.3 is 0 Å². The molecule has 0 amide bonds. The van der Waals surface area contributed by atoms with E-state index < -0.39 is 0 Å². The number of aromatic nitrogens is 5. The highest BCUT2D eigenvalue weighted by atomic mass is 15.3. The van der Waals surface area contributed by atoms with E-state index in [-0.39, 0.29) is 0 Å². The van der Waals surface area contributed by atoms with Crippen molar-refractivity contribution in [3.05, 3.63) is 103 Å². The van der Waals surface area contributed by atoms with Gasteiger partial charge in [0.25, 0.3) is 11.5 Å². The Morgan fingerprint density at radius 2 is 1.39 bits per heavy atom. The standard InChI is InChI=1S/C26H18N5/c1-3-7-19(8-4-1)30-23-16-28-14-12-22(23)24-26(30)31(20-9-5-2-6-10-20)25-21-11-13-27-15-18(21)17-29(24)25/h1-16H,17H2/q+1. The first kappa shape index (κ1) is 16.5. The Labute approximate surface area is 178 Å². The van der Waals surface area contributed by atoms with E-state index in [4.69, 9.17) is 0 Å². The molecule has 5 heteroatoms. The molecule has 0 bridgehead atoms. The second-order valence-corrected chi connectivity index (χ2v) is 7.85. The van der Waals surface area contributed by atoms with Crippen LogP contribution in [0, 0.1) is 0 Å². The Balaban J connectivity index is 1.74. The Morgan fingerprint density at radius 3 is 2.16 bits per heavy atom. The first-order chi connectivity index (χ1) is 15.4. The van der Waals surface area contributed by atoms with Gasteiger partial charge in [0.1, 0.15) is 12.2 Å². The zero-order chi connectivity index (χ0) is 20.4. The Bertz CT molecular complexity index is 1590. The van der Waals surface area contributed by atoms with Crippen LogP contribution in [0.15, 0.2) is 97.6 Å². The van der Waals surface area contributed by atoms with Crippen molar-refractivity contribution in [2.75, 3.05) is 0 Å². The topological polar surface area (TPSA) is 39.5 Å². The molecule has 0 N–H and O–H groups in total. The van der Waals surface area contributed by atoms with Crippen LogP contribution >= 0.6 is 0 Å². The number of fused-ring (bicyclic) bond motifs is 7. The van der Waals surface area contributed by atoms with Gasteiger partial charge in [-0.2, -0.15) is 4.57 Å². The fourth-order valence-corrected chi connectivity index (χ4v) is 4.93. The molecule has 0 radical (unpaired) electrons. The number of hydrogen-bond donors (Lipinski definition) is 0. The van der Waals surface area contributed by atoms with Gasteiger partial charge >= 0.3 is 0 Å². The quantitative estimate of drug-likeness (QED) is 0.395. The van der Waals surface area contributed by atoms with Gasteiger partial charge in [-0.05, 0) is 36.4 Å². The van der Waals surface area contributed by atoms with Gasteiger partial charge in [-0.25, -0.2) is 4.57 Å². The van der Waals surface area contributed by atoms with Crippen LogP contribution in [0.25, 0.3) is 44.8 Å². The van der Waals surface area contributed by atoms with E-state index in [0.29, 0.717) is 0 Å². The van der Waals surface area contributed by atoms with E-state index in [0.717, 1.165) is 29.1 Å². The molecule has 0 saturated carbocycles. The molecule has 1 aliphatic rings. The summed E-state index contributed by atoms with van der Waals surface area (Å²) >= 11 is 0. The molecule has 4 aromatic heterocycles. The van der Waals surface area contributed by atoms with Crippen LogP contribution in [0.3, 0.4) is 0 Å². The SMILES string of the molecule is c1ccc(-n2c3[n+](c4c5ccncc5n(-c5ccccc5)c42)Cc2cnccc2-3)cc1. The van der Waals surface area contributed by atoms with Crippen LogP contribution in [0.5, 0.6) is 0 Å². The molecule has 146 valence electrons. The Hall–Kier alpha value is -4.25. The third kappa shape index (κ3) is 2.17. The number of para-hydroxylation sites is 2. The van der Waals surface area contributed by atoms with Crippen molar-refractivity contribution in [3.63, 3.8) is 0 Å². The maximum atomic E-state index is 4.46. The van der Waals surface area contributed by atoms with Crippen molar-refractivity contribution in [3.8, 4) is 22.8 Å². The van der Waals surface area contributed by atoms with Gasteiger partial charge in [-0.3, -0.25) is 14.5 Å². The van der Waals surface area contributed by atoms with Crippen LogP contribution in [0.2, 0.25) is 0 Å². The summed E-state index contributed by atoms with van der Waals surface area (Å²) in [5.41, 5.74) is 8.22. The molecule has 0 fully saturated rings. The summed E-state index contributed by atoms with van der Waals surface area (Å²) in [6.45, 7) is 0.811. The minimum Gasteiger partial charge on any atom is -0.271 e. The average molecular weight is 400 g/mol. The fourth-order valence-electron chi connectivity index (χ4n) is 4.93. The molecule has 0 saturated heterocycles. The summed E-state index contributed by atoms with van der Waals surface area (Å²) in [4.78, 5) is 8.84. The maximum Gasteiger partial charge on any atom is 0.297 e. The second-order valence-electron chi connectivity index (χ2n) is 7.85. The van der Waals surface area contributed by atoms with Gasteiger partial charge in [0.05, 0.1) is 22.7 Å².